The number of phenols is 1. The molecule has 0 fully saturated rings. The fourth-order valence-corrected chi connectivity index (χ4v) is 2.17. The van der Waals surface area contributed by atoms with E-state index in [9.17, 15) is 9.90 Å². The van der Waals surface area contributed by atoms with E-state index < -0.39 is 0 Å². The van der Waals surface area contributed by atoms with E-state index in [1.165, 1.54) is 13.3 Å². The quantitative estimate of drug-likeness (QED) is 0.554. The average Bonchev–Trinajstić information content (AvgIpc) is 2.58. The summed E-state index contributed by atoms with van der Waals surface area (Å²) < 4.78 is 5.00. The van der Waals surface area contributed by atoms with E-state index in [1.807, 2.05) is 13.0 Å². The summed E-state index contributed by atoms with van der Waals surface area (Å²) in [6.07, 6.45) is 1.35. The molecule has 0 unspecified atom stereocenters. The van der Waals surface area contributed by atoms with Gasteiger partial charge >= 0.3 is 0 Å². The van der Waals surface area contributed by atoms with E-state index in [1.54, 1.807) is 30.3 Å². The maximum Gasteiger partial charge on any atom is 0.259 e. The molecule has 0 radical (unpaired) electrons. The van der Waals surface area contributed by atoms with Gasteiger partial charge in [0.2, 0.25) is 0 Å². The van der Waals surface area contributed by atoms with Crippen LogP contribution in [0.25, 0.3) is 0 Å². The van der Waals surface area contributed by atoms with Crippen LogP contribution in [0, 0.1) is 6.92 Å². The molecule has 3 N–H and O–H groups in total. The number of nitrogens with zero attached hydrogens (tertiary/aromatic N) is 1. The zero-order chi connectivity index (χ0) is 17.5. The summed E-state index contributed by atoms with van der Waals surface area (Å²) in [7, 11) is 1.46. The van der Waals surface area contributed by atoms with Gasteiger partial charge in [0.05, 0.1) is 19.9 Å². The van der Waals surface area contributed by atoms with Crippen LogP contribution in [0.4, 0.5) is 5.69 Å². The van der Waals surface area contributed by atoms with E-state index >= 15 is 0 Å². The number of aromatic hydroxyl groups is 1. The molecule has 7 heteroatoms. The van der Waals surface area contributed by atoms with Crippen molar-refractivity contribution in [3.05, 3.63) is 52.5 Å². The molecule has 126 valence electrons. The summed E-state index contributed by atoms with van der Waals surface area (Å²) in [4.78, 5) is 11.8. The lowest BCUT2D eigenvalue weighted by atomic mass is 10.2. The highest BCUT2D eigenvalue weighted by Gasteiger charge is 2.06. The SMILES string of the molecule is COc1cccc(/C=N/NC(=O)CNc2cccc(Cl)c2C)c1O. The lowest BCUT2D eigenvalue weighted by molar-refractivity contribution is -0.119. The molecule has 0 spiro atoms. The van der Waals surface area contributed by atoms with Crippen molar-refractivity contribution in [2.24, 2.45) is 5.10 Å². The normalized spacial score (nSPS) is 10.6. The van der Waals surface area contributed by atoms with Gasteiger partial charge in [0.15, 0.2) is 11.5 Å². The molecule has 2 aromatic carbocycles. The lowest BCUT2D eigenvalue weighted by Crippen LogP contribution is -2.26. The Hall–Kier alpha value is -2.73. The van der Waals surface area contributed by atoms with Crippen LogP contribution in [0.2, 0.25) is 5.02 Å². The molecule has 0 aliphatic heterocycles. The number of methoxy groups -OCH3 is 1. The van der Waals surface area contributed by atoms with Gasteiger partial charge < -0.3 is 15.2 Å². The van der Waals surface area contributed by atoms with Crippen LogP contribution in [0.15, 0.2) is 41.5 Å². The summed E-state index contributed by atoms with van der Waals surface area (Å²) in [6.45, 7) is 1.91. The number of carbonyl (C=O) groups is 1. The lowest BCUT2D eigenvalue weighted by Gasteiger charge is -2.09. The highest BCUT2D eigenvalue weighted by molar-refractivity contribution is 6.31. The Kier molecular flexibility index (Phi) is 6.03. The number of hydrogen-bond donors (Lipinski definition) is 3. The summed E-state index contributed by atoms with van der Waals surface area (Å²) in [5, 5.41) is 17.4. The molecule has 0 atom stereocenters. The van der Waals surface area contributed by atoms with Crippen LogP contribution in [-0.4, -0.2) is 30.9 Å². The number of hydrogen-bond acceptors (Lipinski definition) is 5. The van der Waals surface area contributed by atoms with E-state index in [0.717, 1.165) is 11.3 Å². The van der Waals surface area contributed by atoms with Crippen molar-refractivity contribution >= 4 is 29.4 Å². The number of benzene rings is 2. The smallest absolute Gasteiger partial charge is 0.259 e. The molecule has 0 aliphatic rings. The number of phenolic OH excluding ortho intramolecular Hbond substituents is 1. The summed E-state index contributed by atoms with van der Waals surface area (Å²) in [5.74, 6) is -0.0259. The molecule has 0 aromatic heterocycles. The fraction of sp³-hybridized carbons (Fsp3) is 0.176. The van der Waals surface area contributed by atoms with Gasteiger partial charge in [0.25, 0.3) is 5.91 Å². The first-order valence-electron chi connectivity index (χ1n) is 7.19. The third-order valence-electron chi connectivity index (χ3n) is 3.35. The molecule has 0 saturated heterocycles. The third-order valence-corrected chi connectivity index (χ3v) is 3.76. The van der Waals surface area contributed by atoms with E-state index in [0.29, 0.717) is 16.3 Å². The molecular formula is C17H18ClN3O3. The number of nitrogens with one attached hydrogen (secondary N) is 2. The van der Waals surface area contributed by atoms with Crippen LogP contribution in [0.1, 0.15) is 11.1 Å². The van der Waals surface area contributed by atoms with Crippen LogP contribution < -0.4 is 15.5 Å². The van der Waals surface area contributed by atoms with Gasteiger partial charge in [-0.05, 0) is 36.8 Å². The summed E-state index contributed by atoms with van der Waals surface area (Å²) in [5.41, 5.74) is 4.48. The highest BCUT2D eigenvalue weighted by atomic mass is 35.5. The van der Waals surface area contributed by atoms with E-state index in [-0.39, 0.29) is 18.2 Å². The van der Waals surface area contributed by atoms with Crippen molar-refractivity contribution in [1.82, 2.24) is 5.43 Å². The minimum absolute atomic E-state index is 0.0364. The number of halogens is 1. The van der Waals surface area contributed by atoms with Gasteiger partial charge in [-0.15, -0.1) is 0 Å². The molecular weight excluding hydrogens is 330 g/mol. The topological polar surface area (TPSA) is 83.0 Å². The summed E-state index contributed by atoms with van der Waals surface area (Å²) in [6, 6.07) is 10.4. The van der Waals surface area contributed by atoms with Crippen molar-refractivity contribution in [2.75, 3.05) is 19.0 Å². The monoisotopic (exact) mass is 347 g/mol. The molecule has 0 heterocycles. The van der Waals surface area contributed by atoms with Gasteiger partial charge in [0.1, 0.15) is 0 Å². The minimum atomic E-state index is -0.326. The first-order valence-corrected chi connectivity index (χ1v) is 7.57. The van der Waals surface area contributed by atoms with Crippen molar-refractivity contribution in [3.8, 4) is 11.5 Å². The van der Waals surface area contributed by atoms with Crippen LogP contribution >= 0.6 is 11.6 Å². The first kappa shape index (κ1) is 17.6. The Morgan fingerprint density at radius 1 is 1.33 bits per heavy atom. The molecule has 6 nitrogen and oxygen atoms in total. The molecule has 24 heavy (non-hydrogen) atoms. The Labute approximate surface area is 145 Å². The molecule has 0 saturated carbocycles. The second-order valence-corrected chi connectivity index (χ2v) is 5.36. The molecule has 0 aliphatic carbocycles. The first-order chi connectivity index (χ1) is 11.5. The maximum absolute atomic E-state index is 11.8. The average molecular weight is 348 g/mol. The standard InChI is InChI=1S/C17H18ClN3O3/c1-11-13(18)6-4-7-14(11)19-10-16(22)21-20-9-12-5-3-8-15(24-2)17(12)23/h3-9,19,23H,10H2,1-2H3,(H,21,22)/b20-9+. The summed E-state index contributed by atoms with van der Waals surface area (Å²) >= 11 is 6.02. The maximum atomic E-state index is 11.8. The van der Waals surface area contributed by atoms with E-state index in [2.05, 4.69) is 15.8 Å². The predicted octanol–water partition coefficient (Wildman–Crippen LogP) is 2.92. The zero-order valence-electron chi connectivity index (χ0n) is 13.3. The predicted molar refractivity (Wildman–Crippen MR) is 95.1 cm³/mol. The van der Waals surface area contributed by atoms with Crippen molar-refractivity contribution in [2.45, 2.75) is 6.92 Å². The Bertz CT molecular complexity index is 763. The number of amides is 1. The van der Waals surface area contributed by atoms with Crippen molar-refractivity contribution in [1.29, 1.82) is 0 Å². The van der Waals surface area contributed by atoms with Gasteiger partial charge in [-0.25, -0.2) is 5.43 Å². The number of para-hydroxylation sites is 1. The number of carbonyl (C=O) groups excluding carboxylic acids is 1. The van der Waals surface area contributed by atoms with Crippen LogP contribution in [0.5, 0.6) is 11.5 Å². The number of rotatable bonds is 6. The van der Waals surface area contributed by atoms with Gasteiger partial charge in [-0.3, -0.25) is 4.79 Å². The number of hydrazone groups is 1. The second kappa shape index (κ2) is 8.21. The Morgan fingerprint density at radius 2 is 2.08 bits per heavy atom. The van der Waals surface area contributed by atoms with Crippen LogP contribution in [0.3, 0.4) is 0 Å². The highest BCUT2D eigenvalue weighted by Crippen LogP contribution is 2.27. The van der Waals surface area contributed by atoms with E-state index in [4.69, 9.17) is 16.3 Å². The number of anilines is 1. The molecule has 2 rings (SSSR count). The van der Waals surface area contributed by atoms with Gasteiger partial charge in [0, 0.05) is 16.3 Å². The van der Waals surface area contributed by atoms with Crippen molar-refractivity contribution in [3.63, 3.8) is 0 Å². The third kappa shape index (κ3) is 4.39. The largest absolute Gasteiger partial charge is 0.504 e. The van der Waals surface area contributed by atoms with Gasteiger partial charge in [-0.2, -0.15) is 5.10 Å². The fourth-order valence-electron chi connectivity index (χ4n) is 2.00. The second-order valence-electron chi connectivity index (χ2n) is 4.96. The zero-order valence-corrected chi connectivity index (χ0v) is 14.1. The Balaban J connectivity index is 1.90. The Morgan fingerprint density at radius 3 is 2.83 bits per heavy atom. The van der Waals surface area contributed by atoms with Crippen molar-refractivity contribution < 1.29 is 14.6 Å². The van der Waals surface area contributed by atoms with Crippen LogP contribution in [-0.2, 0) is 4.79 Å². The number of ether oxygens (including phenoxy) is 1. The minimum Gasteiger partial charge on any atom is -0.504 e. The van der Waals surface area contributed by atoms with Gasteiger partial charge in [-0.1, -0.05) is 23.7 Å². The molecule has 0 bridgehead atoms. The molecule has 2 aromatic rings. The molecule has 1 amide bonds.